The van der Waals surface area contributed by atoms with Crippen molar-refractivity contribution in [2.45, 2.75) is 31.1 Å². The molecule has 0 aromatic rings. The number of thiol groups is 1. The maximum Gasteiger partial charge on any atom is 0.127 e. The summed E-state index contributed by atoms with van der Waals surface area (Å²) in [6.07, 6.45) is 18.7. The standard InChI is InChI=1S/C21H24O2S/c1-15-17-8-11-20(2,22-4)12-9-19(17)23-14-18(15)16-6-5-10-21(3,24)13-7-16/h5-13,24H,14H2,1-4H3. The van der Waals surface area contributed by atoms with Gasteiger partial charge in [0.2, 0.25) is 0 Å². The molecule has 3 heteroatoms. The molecule has 1 aliphatic heterocycles. The SMILES string of the molecule is COC1(C)C=CC2=C(C=C1)C(C)=C(C1=CC=CC(C)(S)C=C1)CO2. The van der Waals surface area contributed by atoms with Crippen LogP contribution in [0.15, 0.2) is 82.7 Å². The smallest absolute Gasteiger partial charge is 0.127 e. The summed E-state index contributed by atoms with van der Waals surface area (Å²) in [7, 11) is 1.72. The molecular weight excluding hydrogens is 316 g/mol. The van der Waals surface area contributed by atoms with E-state index >= 15 is 0 Å². The molecule has 0 saturated heterocycles. The molecule has 24 heavy (non-hydrogen) atoms. The average Bonchev–Trinajstić information content (AvgIpc) is 2.83. The Bertz CT molecular complexity index is 757. The Kier molecular flexibility index (Phi) is 4.50. The van der Waals surface area contributed by atoms with Crippen LogP contribution in [0.5, 0.6) is 0 Å². The zero-order valence-electron chi connectivity index (χ0n) is 14.7. The molecule has 0 saturated carbocycles. The minimum atomic E-state index is -0.404. The zero-order valence-corrected chi connectivity index (χ0v) is 15.6. The van der Waals surface area contributed by atoms with Gasteiger partial charge in [-0.2, -0.15) is 12.6 Å². The molecule has 2 unspecified atom stereocenters. The van der Waals surface area contributed by atoms with E-state index in [0.29, 0.717) is 6.61 Å². The van der Waals surface area contributed by atoms with E-state index in [9.17, 15) is 0 Å². The molecule has 0 amide bonds. The van der Waals surface area contributed by atoms with Crippen LogP contribution in [0, 0.1) is 0 Å². The first-order chi connectivity index (χ1) is 11.3. The summed E-state index contributed by atoms with van der Waals surface area (Å²) in [6.45, 7) is 6.83. The van der Waals surface area contributed by atoms with Crippen molar-refractivity contribution in [2.75, 3.05) is 13.7 Å². The van der Waals surface area contributed by atoms with Crippen LogP contribution in [-0.2, 0) is 9.47 Å². The maximum absolute atomic E-state index is 6.04. The lowest BCUT2D eigenvalue weighted by Crippen LogP contribution is -2.20. The van der Waals surface area contributed by atoms with Crippen LogP contribution in [0.4, 0.5) is 0 Å². The van der Waals surface area contributed by atoms with Crippen LogP contribution < -0.4 is 0 Å². The van der Waals surface area contributed by atoms with E-state index in [0.717, 1.165) is 11.3 Å². The highest BCUT2D eigenvalue weighted by Gasteiger charge is 2.25. The van der Waals surface area contributed by atoms with Gasteiger partial charge in [-0.25, -0.2) is 0 Å². The van der Waals surface area contributed by atoms with Crippen LogP contribution in [0.25, 0.3) is 0 Å². The van der Waals surface area contributed by atoms with Crippen LogP contribution in [0.1, 0.15) is 20.8 Å². The highest BCUT2D eigenvalue weighted by Crippen LogP contribution is 2.35. The first-order valence-corrected chi connectivity index (χ1v) is 8.61. The predicted molar refractivity (Wildman–Crippen MR) is 103 cm³/mol. The molecule has 2 nitrogen and oxygen atoms in total. The van der Waals surface area contributed by atoms with Crippen molar-refractivity contribution >= 4 is 12.6 Å². The normalized spacial score (nSPS) is 32.3. The van der Waals surface area contributed by atoms with Gasteiger partial charge in [0.05, 0.1) is 0 Å². The first kappa shape index (κ1) is 17.1. The number of hydrogen-bond acceptors (Lipinski definition) is 3. The lowest BCUT2D eigenvalue weighted by molar-refractivity contribution is 0.0906. The van der Waals surface area contributed by atoms with Crippen molar-refractivity contribution in [1.82, 2.24) is 0 Å². The highest BCUT2D eigenvalue weighted by molar-refractivity contribution is 7.82. The summed E-state index contributed by atoms with van der Waals surface area (Å²) in [5.74, 6) is 0.904. The minimum Gasteiger partial charge on any atom is -0.488 e. The molecule has 3 rings (SSSR count). The van der Waals surface area contributed by atoms with Gasteiger partial charge in [-0.15, -0.1) is 0 Å². The fourth-order valence-corrected chi connectivity index (χ4v) is 3.09. The first-order valence-electron chi connectivity index (χ1n) is 8.16. The molecule has 0 fully saturated rings. The summed E-state index contributed by atoms with van der Waals surface area (Å²) < 4.78 is 11.4. The van der Waals surface area contributed by atoms with Gasteiger partial charge < -0.3 is 9.47 Å². The minimum absolute atomic E-state index is 0.224. The zero-order chi connectivity index (χ0) is 17.4. The summed E-state index contributed by atoms with van der Waals surface area (Å²) in [4.78, 5) is 0. The van der Waals surface area contributed by atoms with Crippen LogP contribution >= 0.6 is 12.6 Å². The fourth-order valence-electron chi connectivity index (χ4n) is 2.93. The Morgan fingerprint density at radius 2 is 1.83 bits per heavy atom. The third-order valence-electron chi connectivity index (χ3n) is 4.74. The summed E-state index contributed by atoms with van der Waals surface area (Å²) in [6, 6.07) is 0. The monoisotopic (exact) mass is 340 g/mol. The molecule has 0 bridgehead atoms. The van der Waals surface area contributed by atoms with E-state index in [2.05, 4.69) is 69.0 Å². The second-order valence-electron chi connectivity index (χ2n) is 6.77. The Hall–Kier alpha value is -1.71. The largest absolute Gasteiger partial charge is 0.488 e. The van der Waals surface area contributed by atoms with Gasteiger partial charge in [-0.1, -0.05) is 36.5 Å². The molecule has 0 aromatic carbocycles. The van der Waals surface area contributed by atoms with E-state index in [1.54, 1.807) is 7.11 Å². The van der Waals surface area contributed by atoms with Gasteiger partial charge >= 0.3 is 0 Å². The summed E-state index contributed by atoms with van der Waals surface area (Å²) >= 11 is 4.63. The lowest BCUT2D eigenvalue weighted by atomic mass is 9.92. The molecule has 2 aliphatic carbocycles. The second-order valence-corrected chi connectivity index (χ2v) is 7.73. The van der Waals surface area contributed by atoms with Crippen LogP contribution in [-0.4, -0.2) is 24.1 Å². The van der Waals surface area contributed by atoms with Crippen molar-refractivity contribution in [3.8, 4) is 0 Å². The molecule has 0 aromatic heterocycles. The summed E-state index contributed by atoms with van der Waals surface area (Å²) in [5, 5.41) is 0. The Morgan fingerprint density at radius 3 is 2.58 bits per heavy atom. The van der Waals surface area contributed by atoms with Crippen molar-refractivity contribution in [3.05, 3.63) is 82.7 Å². The van der Waals surface area contributed by atoms with Gasteiger partial charge in [0.25, 0.3) is 0 Å². The molecular formula is C21H24O2S. The third kappa shape index (κ3) is 3.38. The number of allylic oxidation sites excluding steroid dienone is 7. The molecule has 0 radical (unpaired) electrons. The third-order valence-corrected chi connectivity index (χ3v) is 5.04. The molecule has 0 N–H and O–H groups in total. The molecule has 0 spiro atoms. The average molecular weight is 340 g/mol. The molecule has 3 aliphatic rings. The van der Waals surface area contributed by atoms with E-state index < -0.39 is 5.60 Å². The summed E-state index contributed by atoms with van der Waals surface area (Å²) in [5.41, 5.74) is 4.33. The molecule has 126 valence electrons. The Balaban J connectivity index is 2.00. The quantitative estimate of drug-likeness (QED) is 0.724. The van der Waals surface area contributed by atoms with Gasteiger partial charge in [0.15, 0.2) is 0 Å². The van der Waals surface area contributed by atoms with E-state index in [4.69, 9.17) is 9.47 Å². The van der Waals surface area contributed by atoms with E-state index in [1.165, 1.54) is 16.7 Å². The van der Waals surface area contributed by atoms with Gasteiger partial charge in [0, 0.05) is 23.0 Å². The van der Waals surface area contributed by atoms with Crippen molar-refractivity contribution in [1.29, 1.82) is 0 Å². The second kappa shape index (κ2) is 6.30. The van der Waals surface area contributed by atoms with E-state index in [1.807, 2.05) is 19.1 Å². The van der Waals surface area contributed by atoms with Crippen LogP contribution in [0.3, 0.4) is 0 Å². The Morgan fingerprint density at radius 1 is 1.08 bits per heavy atom. The van der Waals surface area contributed by atoms with Gasteiger partial charge in [-0.05, 0) is 50.1 Å². The van der Waals surface area contributed by atoms with Gasteiger partial charge in [-0.3, -0.25) is 0 Å². The van der Waals surface area contributed by atoms with Crippen molar-refractivity contribution in [2.24, 2.45) is 0 Å². The van der Waals surface area contributed by atoms with Crippen molar-refractivity contribution < 1.29 is 9.47 Å². The number of methoxy groups -OCH3 is 1. The molecule has 2 atom stereocenters. The van der Waals surface area contributed by atoms with E-state index in [-0.39, 0.29) is 4.75 Å². The number of hydrogen-bond donors (Lipinski definition) is 1. The van der Waals surface area contributed by atoms with Gasteiger partial charge in [0.1, 0.15) is 18.0 Å². The maximum atomic E-state index is 6.04. The Labute approximate surface area is 150 Å². The fraction of sp³-hybridized carbons (Fsp3) is 0.333. The predicted octanol–water partition coefficient (Wildman–Crippen LogP) is 4.86. The van der Waals surface area contributed by atoms with Crippen molar-refractivity contribution in [3.63, 3.8) is 0 Å². The molecule has 1 heterocycles. The number of ether oxygens (including phenoxy) is 2. The topological polar surface area (TPSA) is 18.5 Å². The number of rotatable bonds is 2. The lowest BCUT2D eigenvalue weighted by Gasteiger charge is -2.23. The highest BCUT2D eigenvalue weighted by atomic mass is 32.1. The van der Waals surface area contributed by atoms with Crippen LogP contribution in [0.2, 0.25) is 0 Å².